The number of pyridine rings is 1. The van der Waals surface area contributed by atoms with E-state index in [1.54, 1.807) is 14.2 Å². The highest BCUT2D eigenvalue weighted by molar-refractivity contribution is 14.0. The van der Waals surface area contributed by atoms with Gasteiger partial charge in [-0.1, -0.05) is 17.7 Å². The van der Waals surface area contributed by atoms with Crippen LogP contribution in [0.5, 0.6) is 5.75 Å². The number of nitrogens with one attached hydrogen (secondary N) is 2. The zero-order valence-corrected chi connectivity index (χ0v) is 20.8. The van der Waals surface area contributed by atoms with E-state index in [4.69, 9.17) is 16.3 Å². The summed E-state index contributed by atoms with van der Waals surface area (Å²) in [5.74, 6) is 1.65. The highest BCUT2D eigenvalue weighted by Crippen LogP contribution is 2.33. The van der Waals surface area contributed by atoms with Crippen LogP contribution < -0.4 is 20.3 Å². The van der Waals surface area contributed by atoms with Crippen molar-refractivity contribution in [2.24, 2.45) is 4.99 Å². The van der Waals surface area contributed by atoms with Gasteiger partial charge in [0.25, 0.3) is 0 Å². The molecule has 1 saturated heterocycles. The summed E-state index contributed by atoms with van der Waals surface area (Å²) < 4.78 is 7.54. The maximum atomic E-state index is 6.20. The highest BCUT2D eigenvalue weighted by Gasteiger charge is 2.25. The van der Waals surface area contributed by atoms with E-state index in [0.29, 0.717) is 11.1 Å². The van der Waals surface area contributed by atoms with Crippen molar-refractivity contribution in [3.8, 4) is 5.75 Å². The Hall–Kier alpha value is -2.20. The molecule has 2 N–H and O–H groups in total. The maximum absolute atomic E-state index is 6.20. The third-order valence-electron chi connectivity index (χ3n) is 5.32. The summed E-state index contributed by atoms with van der Waals surface area (Å²) in [4.78, 5) is 11.3. The van der Waals surface area contributed by atoms with Gasteiger partial charge in [-0.25, -0.2) is 4.98 Å². The van der Waals surface area contributed by atoms with Crippen molar-refractivity contribution in [2.75, 3.05) is 38.7 Å². The number of imidazole rings is 1. The Kier molecular flexibility index (Phi) is 8.25. The van der Waals surface area contributed by atoms with Crippen molar-refractivity contribution >= 4 is 52.9 Å². The van der Waals surface area contributed by atoms with Crippen molar-refractivity contribution in [1.82, 2.24) is 20.0 Å². The number of fused-ring (bicyclic) bond motifs is 1. The quantitative estimate of drug-likeness (QED) is 0.277. The molecule has 1 atom stereocenters. The molecular weight excluding hydrogens is 527 g/mol. The van der Waals surface area contributed by atoms with Crippen LogP contribution in [0.3, 0.4) is 0 Å². The Morgan fingerprint density at radius 2 is 2.19 bits per heavy atom. The fourth-order valence-corrected chi connectivity index (χ4v) is 3.98. The van der Waals surface area contributed by atoms with Crippen molar-refractivity contribution in [3.05, 3.63) is 59.5 Å². The first-order valence-corrected chi connectivity index (χ1v) is 10.5. The third kappa shape index (κ3) is 5.74. The van der Waals surface area contributed by atoms with Crippen LogP contribution in [0.1, 0.15) is 12.1 Å². The Labute approximate surface area is 204 Å². The average molecular weight is 555 g/mol. The molecule has 0 bridgehead atoms. The van der Waals surface area contributed by atoms with Gasteiger partial charge in [0.2, 0.25) is 0 Å². The van der Waals surface area contributed by atoms with Crippen LogP contribution in [0.2, 0.25) is 5.02 Å². The van der Waals surface area contributed by atoms with Crippen LogP contribution in [0.15, 0.2) is 53.8 Å². The van der Waals surface area contributed by atoms with Gasteiger partial charge in [0.05, 0.1) is 18.5 Å². The Balaban J connectivity index is 0.00000272. The topological polar surface area (TPSA) is 66.2 Å². The molecule has 1 fully saturated rings. The average Bonchev–Trinajstić information content (AvgIpc) is 3.39. The smallest absolute Gasteiger partial charge is 0.191 e. The second kappa shape index (κ2) is 10.9. The Morgan fingerprint density at radius 3 is 2.97 bits per heavy atom. The molecule has 0 saturated carbocycles. The normalized spacial score (nSPS) is 16.3. The summed E-state index contributed by atoms with van der Waals surface area (Å²) in [5.41, 5.74) is 3.06. The number of hydrogen-bond acceptors (Lipinski definition) is 4. The van der Waals surface area contributed by atoms with E-state index in [1.807, 2.05) is 47.0 Å². The van der Waals surface area contributed by atoms with Gasteiger partial charge in [-0.05, 0) is 36.8 Å². The molecule has 3 aromatic rings. The minimum absolute atomic E-state index is 0. The minimum Gasteiger partial charge on any atom is -0.495 e. The second-order valence-corrected chi connectivity index (χ2v) is 7.78. The fourth-order valence-electron chi connectivity index (χ4n) is 3.81. The molecule has 1 aliphatic heterocycles. The van der Waals surface area contributed by atoms with Crippen LogP contribution in [0.4, 0.5) is 5.69 Å². The summed E-state index contributed by atoms with van der Waals surface area (Å²) in [6.07, 6.45) is 5.93. The zero-order chi connectivity index (χ0) is 20.9. The number of halogens is 2. The molecule has 0 aliphatic carbocycles. The standard InChI is InChI=1S/C22H27ClN6O.HI/c1-24-22(25-10-8-17-15-29-11-4-3-5-21(29)26-17)27-18-9-12-28(14-18)19-13-16(23)6-7-20(19)30-2;/h3-7,11,13,15,18H,8-10,12,14H2,1-2H3,(H2,24,25,27);1H. The molecule has 1 aromatic carbocycles. The molecule has 9 heteroatoms. The molecule has 166 valence electrons. The van der Waals surface area contributed by atoms with E-state index in [9.17, 15) is 0 Å². The van der Waals surface area contributed by atoms with Crippen molar-refractivity contribution in [3.63, 3.8) is 0 Å². The highest BCUT2D eigenvalue weighted by atomic mass is 127. The number of guanidine groups is 1. The number of nitrogens with zero attached hydrogens (tertiary/aromatic N) is 4. The summed E-state index contributed by atoms with van der Waals surface area (Å²) in [5, 5.41) is 7.64. The number of aliphatic imine (C=N–C) groups is 1. The number of anilines is 1. The number of ether oxygens (including phenoxy) is 1. The molecule has 31 heavy (non-hydrogen) atoms. The van der Waals surface area contributed by atoms with Gasteiger partial charge in [0.1, 0.15) is 11.4 Å². The molecule has 2 aromatic heterocycles. The lowest BCUT2D eigenvalue weighted by molar-refractivity contribution is 0.415. The predicted molar refractivity (Wildman–Crippen MR) is 137 cm³/mol. The van der Waals surface area contributed by atoms with E-state index in [2.05, 4.69) is 31.7 Å². The van der Waals surface area contributed by atoms with E-state index < -0.39 is 0 Å². The zero-order valence-electron chi connectivity index (χ0n) is 17.7. The fraction of sp³-hybridized carbons (Fsp3) is 0.364. The molecule has 3 heterocycles. The number of rotatable bonds is 6. The number of aromatic nitrogens is 2. The van der Waals surface area contributed by atoms with Gasteiger partial charge in [-0.2, -0.15) is 0 Å². The van der Waals surface area contributed by atoms with Crippen LogP contribution in [0, 0.1) is 0 Å². The molecule has 0 amide bonds. The molecule has 4 rings (SSSR count). The van der Waals surface area contributed by atoms with Crippen LogP contribution in [-0.2, 0) is 6.42 Å². The first-order chi connectivity index (χ1) is 14.7. The van der Waals surface area contributed by atoms with Gasteiger partial charge >= 0.3 is 0 Å². The van der Waals surface area contributed by atoms with Gasteiger partial charge < -0.3 is 24.7 Å². The van der Waals surface area contributed by atoms with Crippen molar-refractivity contribution in [1.29, 1.82) is 0 Å². The summed E-state index contributed by atoms with van der Waals surface area (Å²) in [6, 6.07) is 12.0. The SMILES string of the molecule is CN=C(NCCc1cn2ccccc2n1)NC1CCN(c2cc(Cl)ccc2OC)C1.I. The monoisotopic (exact) mass is 554 g/mol. The van der Waals surface area contributed by atoms with Crippen molar-refractivity contribution in [2.45, 2.75) is 18.9 Å². The Bertz CT molecular complexity index is 1010. The Morgan fingerprint density at radius 1 is 1.32 bits per heavy atom. The van der Waals surface area contributed by atoms with Gasteiger partial charge in [0.15, 0.2) is 5.96 Å². The molecular formula is C22H28ClIN6O. The van der Waals surface area contributed by atoms with Crippen LogP contribution in [-0.4, -0.2) is 55.2 Å². The molecule has 1 unspecified atom stereocenters. The van der Waals surface area contributed by atoms with Crippen LogP contribution in [0.25, 0.3) is 5.65 Å². The molecule has 1 aliphatic rings. The lowest BCUT2D eigenvalue weighted by Gasteiger charge is -2.22. The van der Waals surface area contributed by atoms with E-state index in [0.717, 1.165) is 61.2 Å². The van der Waals surface area contributed by atoms with Crippen molar-refractivity contribution < 1.29 is 4.74 Å². The van der Waals surface area contributed by atoms with Crippen LogP contribution >= 0.6 is 35.6 Å². The first kappa shape index (κ1) is 23.5. The molecule has 0 spiro atoms. The predicted octanol–water partition coefficient (Wildman–Crippen LogP) is 3.60. The number of methoxy groups -OCH3 is 1. The number of benzene rings is 1. The first-order valence-electron chi connectivity index (χ1n) is 10.1. The summed E-state index contributed by atoms with van der Waals surface area (Å²) in [7, 11) is 3.49. The maximum Gasteiger partial charge on any atom is 0.191 e. The molecule has 0 radical (unpaired) electrons. The summed E-state index contributed by atoms with van der Waals surface area (Å²) in [6.45, 7) is 2.57. The number of hydrogen-bond donors (Lipinski definition) is 2. The minimum atomic E-state index is 0. The largest absolute Gasteiger partial charge is 0.495 e. The van der Waals surface area contributed by atoms with Gasteiger partial charge in [-0.3, -0.25) is 4.99 Å². The van der Waals surface area contributed by atoms with Gasteiger partial charge in [0, 0.05) is 56.6 Å². The lowest BCUT2D eigenvalue weighted by Crippen LogP contribution is -2.45. The van der Waals surface area contributed by atoms with E-state index in [1.165, 1.54) is 0 Å². The lowest BCUT2D eigenvalue weighted by atomic mass is 10.2. The second-order valence-electron chi connectivity index (χ2n) is 7.34. The van der Waals surface area contributed by atoms with E-state index >= 15 is 0 Å². The third-order valence-corrected chi connectivity index (χ3v) is 5.56. The van der Waals surface area contributed by atoms with Gasteiger partial charge in [-0.15, -0.1) is 24.0 Å². The molecule has 7 nitrogen and oxygen atoms in total. The van der Waals surface area contributed by atoms with E-state index in [-0.39, 0.29) is 24.0 Å². The summed E-state index contributed by atoms with van der Waals surface area (Å²) >= 11 is 6.20.